The second-order valence-corrected chi connectivity index (χ2v) is 7.33. The van der Waals surface area contributed by atoms with Crippen LogP contribution in [0.15, 0.2) is 18.3 Å². The third-order valence-corrected chi connectivity index (χ3v) is 5.02. The molecule has 0 amide bonds. The van der Waals surface area contributed by atoms with Crippen LogP contribution in [0.4, 0.5) is 0 Å². The van der Waals surface area contributed by atoms with Gasteiger partial charge in [0.15, 0.2) is 0 Å². The standard InChI is InChI=1S/C18H25N3/c1-12-8-13(2)10-21(9-12)11-16-15-4-3-7-19-18(15)20-17(16)14-5-6-14/h3-4,7,12-14H,5-6,8-11H2,1-2H3,(H,19,20)/t12-,13-/m1/s1. The van der Waals surface area contributed by atoms with E-state index in [1.54, 1.807) is 0 Å². The van der Waals surface area contributed by atoms with Crippen LogP contribution in [0.1, 0.15) is 50.3 Å². The summed E-state index contributed by atoms with van der Waals surface area (Å²) in [6.45, 7) is 8.34. The van der Waals surface area contributed by atoms with Gasteiger partial charge in [0.2, 0.25) is 0 Å². The molecule has 112 valence electrons. The molecule has 2 fully saturated rings. The second kappa shape index (κ2) is 5.13. The molecule has 3 heterocycles. The molecule has 4 rings (SSSR count). The molecule has 21 heavy (non-hydrogen) atoms. The number of fused-ring (bicyclic) bond motifs is 1. The SMILES string of the molecule is C[C@@H]1C[C@@H](C)CN(Cc2c(C3CC3)[nH]c3ncccc23)C1. The Bertz CT molecular complexity index is 631. The van der Waals surface area contributed by atoms with E-state index in [-0.39, 0.29) is 0 Å². The molecule has 2 atom stereocenters. The van der Waals surface area contributed by atoms with Crippen molar-refractivity contribution in [2.75, 3.05) is 13.1 Å². The molecule has 2 aromatic rings. The van der Waals surface area contributed by atoms with Crippen LogP contribution in [0.3, 0.4) is 0 Å². The van der Waals surface area contributed by atoms with Crippen molar-refractivity contribution in [1.29, 1.82) is 0 Å². The minimum absolute atomic E-state index is 0.758. The first kappa shape index (κ1) is 13.3. The highest BCUT2D eigenvalue weighted by Gasteiger charge is 2.30. The quantitative estimate of drug-likeness (QED) is 0.926. The lowest BCUT2D eigenvalue weighted by atomic mass is 9.91. The number of aromatic amines is 1. The monoisotopic (exact) mass is 283 g/mol. The van der Waals surface area contributed by atoms with Gasteiger partial charge in [0.1, 0.15) is 5.65 Å². The zero-order chi connectivity index (χ0) is 14.4. The lowest BCUT2D eigenvalue weighted by molar-refractivity contribution is 0.134. The van der Waals surface area contributed by atoms with Crippen molar-refractivity contribution in [3.8, 4) is 0 Å². The van der Waals surface area contributed by atoms with Gasteiger partial charge in [-0.1, -0.05) is 13.8 Å². The third-order valence-electron chi connectivity index (χ3n) is 5.02. The summed E-state index contributed by atoms with van der Waals surface area (Å²) in [6.07, 6.45) is 5.95. The van der Waals surface area contributed by atoms with Crippen LogP contribution in [0.25, 0.3) is 11.0 Å². The molecule has 0 unspecified atom stereocenters. The van der Waals surface area contributed by atoms with E-state index in [9.17, 15) is 0 Å². The van der Waals surface area contributed by atoms with Crippen LogP contribution >= 0.6 is 0 Å². The summed E-state index contributed by atoms with van der Waals surface area (Å²) in [4.78, 5) is 10.8. The molecular weight excluding hydrogens is 258 g/mol. The van der Waals surface area contributed by atoms with Crippen molar-refractivity contribution in [3.63, 3.8) is 0 Å². The predicted octanol–water partition coefficient (Wildman–Crippen LogP) is 3.92. The van der Waals surface area contributed by atoms with E-state index >= 15 is 0 Å². The highest BCUT2D eigenvalue weighted by Crippen LogP contribution is 2.43. The summed E-state index contributed by atoms with van der Waals surface area (Å²) in [5, 5.41) is 1.34. The highest BCUT2D eigenvalue weighted by atomic mass is 15.1. The van der Waals surface area contributed by atoms with Gasteiger partial charge < -0.3 is 4.98 Å². The van der Waals surface area contributed by atoms with Gasteiger partial charge in [-0.25, -0.2) is 4.98 Å². The number of H-pyrrole nitrogens is 1. The maximum absolute atomic E-state index is 4.52. The number of nitrogens with one attached hydrogen (secondary N) is 1. The number of hydrogen-bond donors (Lipinski definition) is 1. The van der Waals surface area contributed by atoms with Gasteiger partial charge in [0.25, 0.3) is 0 Å². The van der Waals surface area contributed by atoms with E-state index in [4.69, 9.17) is 0 Å². The molecule has 0 radical (unpaired) electrons. The second-order valence-electron chi connectivity index (χ2n) is 7.33. The van der Waals surface area contributed by atoms with Gasteiger partial charge in [0, 0.05) is 36.9 Å². The number of aromatic nitrogens is 2. The average Bonchev–Trinajstić information content (AvgIpc) is 3.22. The minimum Gasteiger partial charge on any atom is -0.343 e. The van der Waals surface area contributed by atoms with E-state index < -0.39 is 0 Å². The summed E-state index contributed by atoms with van der Waals surface area (Å²) >= 11 is 0. The van der Waals surface area contributed by atoms with Crippen LogP contribution in [-0.2, 0) is 6.54 Å². The van der Waals surface area contributed by atoms with Gasteiger partial charge in [-0.05, 0) is 54.7 Å². The maximum atomic E-state index is 4.52. The predicted molar refractivity (Wildman–Crippen MR) is 86.3 cm³/mol. The first-order valence-corrected chi connectivity index (χ1v) is 8.38. The summed E-state index contributed by atoms with van der Waals surface area (Å²) in [5.41, 5.74) is 4.06. The fourth-order valence-corrected chi connectivity index (χ4v) is 4.13. The lowest BCUT2D eigenvalue weighted by Crippen LogP contribution is -2.38. The maximum Gasteiger partial charge on any atom is 0.137 e. The molecule has 1 aliphatic carbocycles. The third kappa shape index (κ3) is 2.59. The van der Waals surface area contributed by atoms with Gasteiger partial charge >= 0.3 is 0 Å². The van der Waals surface area contributed by atoms with Crippen molar-refractivity contribution in [1.82, 2.24) is 14.9 Å². The van der Waals surface area contributed by atoms with Crippen molar-refractivity contribution >= 4 is 11.0 Å². The molecule has 0 aromatic carbocycles. The number of hydrogen-bond acceptors (Lipinski definition) is 2. The molecular formula is C18H25N3. The van der Waals surface area contributed by atoms with Crippen LogP contribution < -0.4 is 0 Å². The van der Waals surface area contributed by atoms with Crippen molar-refractivity contribution in [3.05, 3.63) is 29.6 Å². The van der Waals surface area contributed by atoms with Crippen LogP contribution in [0.2, 0.25) is 0 Å². The average molecular weight is 283 g/mol. The Morgan fingerprint density at radius 2 is 2.00 bits per heavy atom. The summed E-state index contributed by atoms with van der Waals surface area (Å²) < 4.78 is 0. The number of pyridine rings is 1. The summed E-state index contributed by atoms with van der Waals surface area (Å²) in [7, 11) is 0. The molecule has 3 nitrogen and oxygen atoms in total. The van der Waals surface area contributed by atoms with E-state index in [0.717, 1.165) is 29.9 Å². The number of piperidine rings is 1. The molecule has 0 bridgehead atoms. The van der Waals surface area contributed by atoms with E-state index in [2.05, 4.69) is 40.8 Å². The molecule has 1 saturated heterocycles. The fraction of sp³-hybridized carbons (Fsp3) is 0.611. The van der Waals surface area contributed by atoms with Gasteiger partial charge in [-0.3, -0.25) is 4.90 Å². The van der Waals surface area contributed by atoms with Gasteiger partial charge in [0.05, 0.1) is 0 Å². The van der Waals surface area contributed by atoms with Crippen LogP contribution in [0, 0.1) is 11.8 Å². The minimum atomic E-state index is 0.758. The van der Waals surface area contributed by atoms with Gasteiger partial charge in [-0.2, -0.15) is 0 Å². The molecule has 1 saturated carbocycles. The molecule has 1 N–H and O–H groups in total. The lowest BCUT2D eigenvalue weighted by Gasteiger charge is -2.35. The molecule has 3 heteroatoms. The smallest absolute Gasteiger partial charge is 0.137 e. The Hall–Kier alpha value is -1.35. The molecule has 0 spiro atoms. The first-order chi connectivity index (χ1) is 10.2. The zero-order valence-electron chi connectivity index (χ0n) is 13.1. The fourth-order valence-electron chi connectivity index (χ4n) is 4.13. The van der Waals surface area contributed by atoms with Crippen molar-refractivity contribution < 1.29 is 0 Å². The van der Waals surface area contributed by atoms with Crippen molar-refractivity contribution in [2.24, 2.45) is 11.8 Å². The molecule has 2 aliphatic rings. The Morgan fingerprint density at radius 1 is 1.24 bits per heavy atom. The van der Waals surface area contributed by atoms with Crippen LogP contribution in [0.5, 0.6) is 0 Å². The van der Waals surface area contributed by atoms with E-state index in [1.165, 1.54) is 49.0 Å². The Kier molecular flexibility index (Phi) is 3.26. The number of nitrogens with zero attached hydrogens (tertiary/aromatic N) is 2. The van der Waals surface area contributed by atoms with E-state index in [1.807, 2.05) is 6.20 Å². The number of rotatable bonds is 3. The van der Waals surface area contributed by atoms with Crippen LogP contribution in [-0.4, -0.2) is 28.0 Å². The number of likely N-dealkylation sites (tertiary alicyclic amines) is 1. The Labute approximate surface area is 126 Å². The normalized spacial score (nSPS) is 27.3. The Morgan fingerprint density at radius 3 is 2.71 bits per heavy atom. The zero-order valence-corrected chi connectivity index (χ0v) is 13.1. The Balaban J connectivity index is 1.67. The van der Waals surface area contributed by atoms with Crippen molar-refractivity contribution in [2.45, 2.75) is 45.6 Å². The largest absolute Gasteiger partial charge is 0.343 e. The highest BCUT2D eigenvalue weighted by molar-refractivity contribution is 5.81. The topological polar surface area (TPSA) is 31.9 Å². The molecule has 1 aliphatic heterocycles. The summed E-state index contributed by atoms with van der Waals surface area (Å²) in [6, 6.07) is 4.30. The first-order valence-electron chi connectivity index (χ1n) is 8.38. The van der Waals surface area contributed by atoms with E-state index in [0.29, 0.717) is 0 Å². The summed E-state index contributed by atoms with van der Waals surface area (Å²) in [5.74, 6) is 2.40. The molecule has 2 aromatic heterocycles. The van der Waals surface area contributed by atoms with Gasteiger partial charge in [-0.15, -0.1) is 0 Å².